The van der Waals surface area contributed by atoms with E-state index in [1.54, 1.807) is 7.05 Å². The van der Waals surface area contributed by atoms with Crippen molar-refractivity contribution in [1.29, 1.82) is 0 Å². The predicted molar refractivity (Wildman–Crippen MR) is 83.0 cm³/mol. The van der Waals surface area contributed by atoms with E-state index in [1.165, 1.54) is 5.56 Å². The minimum absolute atomic E-state index is 0.0554. The lowest BCUT2D eigenvalue weighted by Crippen LogP contribution is -2.17. The van der Waals surface area contributed by atoms with E-state index < -0.39 is 0 Å². The fourth-order valence-corrected chi connectivity index (χ4v) is 2.02. The number of carbonyl (C=O) groups excluding carboxylic acids is 1. The quantitative estimate of drug-likeness (QED) is 0.874. The van der Waals surface area contributed by atoms with Crippen molar-refractivity contribution in [3.8, 4) is 0 Å². The van der Waals surface area contributed by atoms with Gasteiger partial charge in [0.2, 0.25) is 0 Å². The minimum Gasteiger partial charge on any atom is -0.381 e. The number of nitrogens with one attached hydrogen (secondary N) is 2. The monoisotopic (exact) mass is 268 g/mol. The highest BCUT2D eigenvalue weighted by Crippen LogP contribution is 2.13. The van der Waals surface area contributed by atoms with Crippen LogP contribution in [-0.2, 0) is 13.0 Å². The topological polar surface area (TPSA) is 41.1 Å². The van der Waals surface area contributed by atoms with E-state index in [0.29, 0.717) is 5.56 Å². The van der Waals surface area contributed by atoms with Gasteiger partial charge in [-0.3, -0.25) is 4.79 Å². The van der Waals surface area contributed by atoms with Crippen LogP contribution in [0.25, 0.3) is 0 Å². The molecule has 2 aromatic carbocycles. The van der Waals surface area contributed by atoms with Gasteiger partial charge in [0.1, 0.15) is 0 Å². The number of aryl methyl sites for hydroxylation is 1. The number of carbonyl (C=O) groups is 1. The average molecular weight is 268 g/mol. The third-order valence-electron chi connectivity index (χ3n) is 3.28. The van der Waals surface area contributed by atoms with Crippen molar-refractivity contribution in [3.63, 3.8) is 0 Å². The van der Waals surface area contributed by atoms with Crippen LogP contribution in [0.5, 0.6) is 0 Å². The largest absolute Gasteiger partial charge is 0.381 e. The molecule has 0 aliphatic heterocycles. The smallest absolute Gasteiger partial charge is 0.251 e. The maximum Gasteiger partial charge on any atom is 0.251 e. The molecule has 3 nitrogen and oxygen atoms in total. The standard InChI is InChI=1S/C17H20N2O/c1-3-13-5-4-6-16(11-13)19-12-14-7-9-15(10-8-14)17(20)18-2/h4-11,19H,3,12H2,1-2H3,(H,18,20). The van der Waals surface area contributed by atoms with Crippen molar-refractivity contribution >= 4 is 11.6 Å². The normalized spacial score (nSPS) is 10.1. The van der Waals surface area contributed by atoms with Crippen LogP contribution >= 0.6 is 0 Å². The maximum absolute atomic E-state index is 11.4. The van der Waals surface area contributed by atoms with E-state index in [4.69, 9.17) is 0 Å². The van der Waals surface area contributed by atoms with Crippen molar-refractivity contribution in [1.82, 2.24) is 5.32 Å². The van der Waals surface area contributed by atoms with Crippen molar-refractivity contribution in [2.24, 2.45) is 0 Å². The summed E-state index contributed by atoms with van der Waals surface area (Å²) in [5.74, 6) is -0.0554. The van der Waals surface area contributed by atoms with Crippen LogP contribution in [-0.4, -0.2) is 13.0 Å². The summed E-state index contributed by atoms with van der Waals surface area (Å²) in [5, 5.41) is 6.01. The Hall–Kier alpha value is -2.29. The molecule has 2 N–H and O–H groups in total. The van der Waals surface area contributed by atoms with Crippen LogP contribution in [0.4, 0.5) is 5.69 Å². The Morgan fingerprint density at radius 3 is 2.45 bits per heavy atom. The first-order valence-electron chi connectivity index (χ1n) is 6.86. The summed E-state index contributed by atoms with van der Waals surface area (Å²) < 4.78 is 0. The van der Waals surface area contributed by atoms with Gasteiger partial charge >= 0.3 is 0 Å². The number of anilines is 1. The highest BCUT2D eigenvalue weighted by molar-refractivity contribution is 5.93. The molecule has 0 aromatic heterocycles. The minimum atomic E-state index is -0.0554. The summed E-state index contributed by atoms with van der Waals surface area (Å²) in [6.07, 6.45) is 1.04. The van der Waals surface area contributed by atoms with Gasteiger partial charge in [-0.2, -0.15) is 0 Å². The van der Waals surface area contributed by atoms with Gasteiger partial charge in [-0.1, -0.05) is 31.2 Å². The van der Waals surface area contributed by atoms with Gasteiger partial charge in [0.25, 0.3) is 5.91 Å². The molecule has 0 spiro atoms. The molecule has 0 radical (unpaired) electrons. The van der Waals surface area contributed by atoms with E-state index in [-0.39, 0.29) is 5.91 Å². The fourth-order valence-electron chi connectivity index (χ4n) is 2.02. The fraction of sp³-hybridized carbons (Fsp3) is 0.235. The molecule has 0 saturated heterocycles. The van der Waals surface area contributed by atoms with E-state index in [2.05, 4.69) is 41.8 Å². The summed E-state index contributed by atoms with van der Waals surface area (Å²) in [7, 11) is 1.64. The van der Waals surface area contributed by atoms with Crippen LogP contribution in [0.1, 0.15) is 28.4 Å². The summed E-state index contributed by atoms with van der Waals surface area (Å²) in [6.45, 7) is 2.90. The Morgan fingerprint density at radius 1 is 1.05 bits per heavy atom. The second-order valence-electron chi connectivity index (χ2n) is 4.68. The molecule has 0 atom stereocenters. The molecular formula is C17H20N2O. The van der Waals surface area contributed by atoms with Crippen LogP contribution in [0.3, 0.4) is 0 Å². The molecule has 0 aliphatic carbocycles. The van der Waals surface area contributed by atoms with E-state index >= 15 is 0 Å². The molecule has 0 heterocycles. The first-order valence-corrected chi connectivity index (χ1v) is 6.86. The molecule has 1 amide bonds. The highest BCUT2D eigenvalue weighted by Gasteiger charge is 2.02. The van der Waals surface area contributed by atoms with Crippen LogP contribution in [0.2, 0.25) is 0 Å². The lowest BCUT2D eigenvalue weighted by atomic mass is 10.1. The number of hydrogen-bond donors (Lipinski definition) is 2. The molecule has 2 aromatic rings. The molecule has 104 valence electrons. The molecule has 0 aliphatic rings. The highest BCUT2D eigenvalue weighted by atomic mass is 16.1. The van der Waals surface area contributed by atoms with Crippen molar-refractivity contribution in [2.45, 2.75) is 19.9 Å². The average Bonchev–Trinajstić information content (AvgIpc) is 2.53. The third kappa shape index (κ3) is 3.60. The van der Waals surface area contributed by atoms with Crippen LogP contribution in [0.15, 0.2) is 48.5 Å². The lowest BCUT2D eigenvalue weighted by Gasteiger charge is -2.08. The first-order chi connectivity index (χ1) is 9.72. The molecule has 20 heavy (non-hydrogen) atoms. The van der Waals surface area contributed by atoms with E-state index in [9.17, 15) is 4.79 Å². The third-order valence-corrected chi connectivity index (χ3v) is 3.28. The summed E-state index contributed by atoms with van der Waals surface area (Å²) in [5.41, 5.74) is 4.29. The zero-order valence-corrected chi connectivity index (χ0v) is 11.9. The van der Waals surface area contributed by atoms with Gasteiger partial charge in [-0.15, -0.1) is 0 Å². The Kier molecular flexibility index (Phi) is 4.77. The molecule has 0 bridgehead atoms. The molecule has 0 fully saturated rings. The van der Waals surface area contributed by atoms with Gasteiger partial charge in [-0.05, 0) is 41.8 Å². The van der Waals surface area contributed by atoms with Crippen LogP contribution < -0.4 is 10.6 Å². The second-order valence-corrected chi connectivity index (χ2v) is 4.68. The second kappa shape index (κ2) is 6.75. The van der Waals surface area contributed by atoms with Gasteiger partial charge < -0.3 is 10.6 Å². The maximum atomic E-state index is 11.4. The summed E-state index contributed by atoms with van der Waals surface area (Å²) in [4.78, 5) is 11.4. The van der Waals surface area contributed by atoms with Crippen molar-refractivity contribution < 1.29 is 4.79 Å². The molecule has 3 heteroatoms. The number of benzene rings is 2. The molecule has 0 unspecified atom stereocenters. The number of hydrogen-bond acceptors (Lipinski definition) is 2. The number of rotatable bonds is 5. The van der Waals surface area contributed by atoms with Gasteiger partial charge in [-0.25, -0.2) is 0 Å². The zero-order valence-electron chi connectivity index (χ0n) is 11.9. The zero-order chi connectivity index (χ0) is 14.4. The Labute approximate surface area is 120 Å². The first kappa shape index (κ1) is 14.1. The van der Waals surface area contributed by atoms with E-state index in [0.717, 1.165) is 24.2 Å². The van der Waals surface area contributed by atoms with Gasteiger partial charge in [0, 0.05) is 24.8 Å². The molecule has 2 rings (SSSR count). The number of amides is 1. The van der Waals surface area contributed by atoms with Gasteiger partial charge in [0.05, 0.1) is 0 Å². The van der Waals surface area contributed by atoms with Gasteiger partial charge in [0.15, 0.2) is 0 Å². The van der Waals surface area contributed by atoms with Crippen molar-refractivity contribution in [2.75, 3.05) is 12.4 Å². The Bertz CT molecular complexity index is 576. The van der Waals surface area contributed by atoms with Crippen molar-refractivity contribution in [3.05, 3.63) is 65.2 Å². The lowest BCUT2D eigenvalue weighted by molar-refractivity contribution is 0.0963. The Balaban J connectivity index is 1.98. The Morgan fingerprint density at radius 2 is 1.80 bits per heavy atom. The van der Waals surface area contributed by atoms with Crippen LogP contribution in [0, 0.1) is 0 Å². The molecular weight excluding hydrogens is 248 g/mol. The summed E-state index contributed by atoms with van der Waals surface area (Å²) in [6, 6.07) is 16.1. The summed E-state index contributed by atoms with van der Waals surface area (Å²) >= 11 is 0. The van der Waals surface area contributed by atoms with E-state index in [1.807, 2.05) is 24.3 Å². The predicted octanol–water partition coefficient (Wildman–Crippen LogP) is 3.22. The molecule has 0 saturated carbocycles. The SMILES string of the molecule is CCc1cccc(NCc2ccc(C(=O)NC)cc2)c1.